The second-order valence-corrected chi connectivity index (χ2v) is 7.56. The monoisotopic (exact) mass is 381 g/mol. The summed E-state index contributed by atoms with van der Waals surface area (Å²) in [6.07, 6.45) is 1.71. The molecule has 2 heterocycles. The maximum Gasteiger partial charge on any atom is 0.236 e. The van der Waals surface area contributed by atoms with Crippen molar-refractivity contribution in [3.05, 3.63) is 23.8 Å². The molecule has 2 aliphatic rings. The van der Waals surface area contributed by atoms with Crippen LogP contribution in [0.15, 0.2) is 18.2 Å². The summed E-state index contributed by atoms with van der Waals surface area (Å²) >= 11 is 3.32. The van der Waals surface area contributed by atoms with E-state index >= 15 is 0 Å². The lowest BCUT2D eigenvalue weighted by atomic mass is 9.82. The Morgan fingerprint density at radius 1 is 1.39 bits per heavy atom. The van der Waals surface area contributed by atoms with Crippen LogP contribution >= 0.6 is 15.9 Å². The van der Waals surface area contributed by atoms with Crippen molar-refractivity contribution in [1.29, 1.82) is 0 Å². The number of likely N-dealkylation sites (tertiary alicyclic amines) is 1. The minimum Gasteiger partial charge on any atom is -0.497 e. The summed E-state index contributed by atoms with van der Waals surface area (Å²) in [6, 6.07) is 5.30. The lowest BCUT2D eigenvalue weighted by Gasteiger charge is -2.44. The summed E-state index contributed by atoms with van der Waals surface area (Å²) in [7, 11) is 1.59. The number of carbonyl (C=O) groups is 2. The third-order valence-electron chi connectivity index (χ3n) is 4.63. The lowest BCUT2D eigenvalue weighted by molar-refractivity contribution is -0.133. The van der Waals surface area contributed by atoms with Crippen molar-refractivity contribution >= 4 is 27.6 Å². The third-order valence-corrected chi connectivity index (χ3v) is 5.02. The number of fused-ring (bicyclic) bond motifs is 1. The van der Waals surface area contributed by atoms with Crippen molar-refractivity contribution in [2.24, 2.45) is 0 Å². The topological polar surface area (TPSA) is 55.8 Å². The fraction of sp³-hybridized carbons (Fsp3) is 0.529. The molecule has 1 unspecified atom stereocenters. The SMILES string of the molecule is COc1ccc2c(c1)OC1(CCN(C(=O)C(C)Br)CC1)CC2=O. The number of hydrogen-bond donors (Lipinski definition) is 0. The van der Waals surface area contributed by atoms with Gasteiger partial charge in [-0.05, 0) is 19.1 Å². The van der Waals surface area contributed by atoms with Crippen LogP contribution in [0.3, 0.4) is 0 Å². The molecule has 0 aliphatic carbocycles. The molecule has 124 valence electrons. The maximum atomic E-state index is 12.5. The van der Waals surface area contributed by atoms with Gasteiger partial charge in [0.05, 0.1) is 23.9 Å². The highest BCUT2D eigenvalue weighted by molar-refractivity contribution is 9.10. The van der Waals surface area contributed by atoms with E-state index in [1.807, 2.05) is 11.8 Å². The number of ketones is 1. The Morgan fingerprint density at radius 3 is 2.70 bits per heavy atom. The summed E-state index contributed by atoms with van der Waals surface area (Å²) in [4.78, 5) is 26.2. The van der Waals surface area contributed by atoms with E-state index in [0.717, 1.165) is 0 Å². The van der Waals surface area contributed by atoms with Crippen molar-refractivity contribution in [1.82, 2.24) is 4.90 Å². The number of amides is 1. The second kappa shape index (κ2) is 6.15. The van der Waals surface area contributed by atoms with Gasteiger partial charge in [0.2, 0.25) is 5.91 Å². The van der Waals surface area contributed by atoms with Gasteiger partial charge in [0.15, 0.2) is 5.78 Å². The highest BCUT2D eigenvalue weighted by Crippen LogP contribution is 2.40. The second-order valence-electron chi connectivity index (χ2n) is 6.19. The first-order valence-electron chi connectivity index (χ1n) is 7.77. The molecule has 1 saturated heterocycles. The smallest absolute Gasteiger partial charge is 0.236 e. The molecule has 2 aliphatic heterocycles. The fourth-order valence-corrected chi connectivity index (χ4v) is 3.56. The Kier molecular flexibility index (Phi) is 4.36. The molecule has 0 aromatic heterocycles. The Hall–Kier alpha value is -1.56. The molecule has 1 spiro atoms. The molecule has 1 aromatic rings. The summed E-state index contributed by atoms with van der Waals surface area (Å²) in [6.45, 7) is 3.05. The molecule has 0 N–H and O–H groups in total. The first-order chi connectivity index (χ1) is 10.9. The van der Waals surface area contributed by atoms with Crippen LogP contribution in [0.2, 0.25) is 0 Å². The zero-order chi connectivity index (χ0) is 16.6. The van der Waals surface area contributed by atoms with Gasteiger partial charge in [-0.15, -0.1) is 0 Å². The van der Waals surface area contributed by atoms with E-state index in [4.69, 9.17) is 9.47 Å². The van der Waals surface area contributed by atoms with Gasteiger partial charge in [-0.3, -0.25) is 9.59 Å². The van der Waals surface area contributed by atoms with Crippen LogP contribution in [0.25, 0.3) is 0 Å². The summed E-state index contributed by atoms with van der Waals surface area (Å²) in [5, 5.41) is 0. The molecule has 1 aromatic carbocycles. The van der Waals surface area contributed by atoms with E-state index in [1.165, 1.54) is 0 Å². The normalized spacial score (nSPS) is 20.7. The number of piperidine rings is 1. The predicted molar refractivity (Wildman–Crippen MR) is 89.5 cm³/mol. The van der Waals surface area contributed by atoms with E-state index in [2.05, 4.69) is 15.9 Å². The van der Waals surface area contributed by atoms with Gasteiger partial charge in [-0.2, -0.15) is 0 Å². The highest BCUT2D eigenvalue weighted by atomic mass is 79.9. The predicted octanol–water partition coefficient (Wildman–Crippen LogP) is 2.81. The first kappa shape index (κ1) is 16.3. The van der Waals surface area contributed by atoms with Gasteiger partial charge in [-0.25, -0.2) is 0 Å². The number of carbonyl (C=O) groups excluding carboxylic acids is 2. The number of ether oxygens (including phenoxy) is 2. The average Bonchev–Trinajstić information content (AvgIpc) is 2.54. The van der Waals surface area contributed by atoms with Gasteiger partial charge < -0.3 is 14.4 Å². The van der Waals surface area contributed by atoms with E-state index in [9.17, 15) is 9.59 Å². The molecule has 23 heavy (non-hydrogen) atoms. The molecule has 6 heteroatoms. The number of halogens is 1. The highest BCUT2D eigenvalue weighted by Gasteiger charge is 2.44. The van der Waals surface area contributed by atoms with Crippen LogP contribution in [0.1, 0.15) is 36.5 Å². The zero-order valence-electron chi connectivity index (χ0n) is 13.3. The van der Waals surface area contributed by atoms with Crippen molar-refractivity contribution in [2.45, 2.75) is 36.6 Å². The Balaban J connectivity index is 1.78. The van der Waals surface area contributed by atoms with Gasteiger partial charge in [0.1, 0.15) is 17.1 Å². The van der Waals surface area contributed by atoms with Crippen LogP contribution in [0.4, 0.5) is 0 Å². The molecule has 0 radical (unpaired) electrons. The number of methoxy groups -OCH3 is 1. The number of alkyl halides is 1. The van der Waals surface area contributed by atoms with E-state index in [-0.39, 0.29) is 16.5 Å². The molecular weight excluding hydrogens is 362 g/mol. The van der Waals surface area contributed by atoms with Crippen molar-refractivity contribution in [3.63, 3.8) is 0 Å². The summed E-state index contributed by atoms with van der Waals surface area (Å²) in [5.74, 6) is 1.45. The molecule has 1 atom stereocenters. The standard InChI is InChI=1S/C17H20BrNO4/c1-11(18)16(21)19-7-5-17(6-8-19)10-14(20)13-4-3-12(22-2)9-15(13)23-17/h3-4,9,11H,5-8,10H2,1-2H3. The molecule has 0 saturated carbocycles. The number of benzene rings is 1. The average molecular weight is 382 g/mol. The number of nitrogens with zero attached hydrogens (tertiary/aromatic N) is 1. The van der Waals surface area contributed by atoms with Gasteiger partial charge in [-0.1, -0.05) is 15.9 Å². The zero-order valence-corrected chi connectivity index (χ0v) is 14.9. The lowest BCUT2D eigenvalue weighted by Crippen LogP contribution is -2.53. The largest absolute Gasteiger partial charge is 0.497 e. The van der Waals surface area contributed by atoms with Crippen LogP contribution in [0.5, 0.6) is 11.5 Å². The van der Waals surface area contributed by atoms with Crippen LogP contribution in [-0.2, 0) is 4.79 Å². The molecule has 1 fully saturated rings. The number of rotatable bonds is 2. The van der Waals surface area contributed by atoms with E-state index in [1.54, 1.807) is 25.3 Å². The molecule has 0 bridgehead atoms. The van der Waals surface area contributed by atoms with Crippen LogP contribution < -0.4 is 9.47 Å². The van der Waals surface area contributed by atoms with Crippen molar-refractivity contribution < 1.29 is 19.1 Å². The Bertz CT molecular complexity index is 635. The maximum absolute atomic E-state index is 12.5. The third kappa shape index (κ3) is 3.09. The summed E-state index contributed by atoms with van der Waals surface area (Å²) < 4.78 is 11.4. The minimum absolute atomic E-state index is 0.0871. The van der Waals surface area contributed by atoms with E-state index in [0.29, 0.717) is 49.4 Å². The molecule has 1 amide bonds. The van der Waals surface area contributed by atoms with E-state index < -0.39 is 5.60 Å². The van der Waals surface area contributed by atoms with Crippen molar-refractivity contribution in [3.8, 4) is 11.5 Å². The van der Waals surface area contributed by atoms with Gasteiger partial charge in [0, 0.05) is 32.0 Å². The van der Waals surface area contributed by atoms with Crippen LogP contribution in [0, 0.1) is 0 Å². The van der Waals surface area contributed by atoms with Crippen LogP contribution in [-0.4, -0.2) is 47.2 Å². The van der Waals surface area contributed by atoms with Gasteiger partial charge >= 0.3 is 0 Å². The Morgan fingerprint density at radius 2 is 2.09 bits per heavy atom. The van der Waals surface area contributed by atoms with Crippen molar-refractivity contribution in [2.75, 3.05) is 20.2 Å². The number of Topliss-reactive ketones (excluding diaryl/α,β-unsaturated/α-hetero) is 1. The molecule has 3 rings (SSSR count). The number of hydrogen-bond acceptors (Lipinski definition) is 4. The summed E-state index contributed by atoms with van der Waals surface area (Å²) in [5.41, 5.74) is 0.118. The quantitative estimate of drug-likeness (QED) is 0.739. The molecular formula is C17H20BrNO4. The van der Waals surface area contributed by atoms with Gasteiger partial charge in [0.25, 0.3) is 0 Å². The minimum atomic E-state index is -0.497. The fourth-order valence-electron chi connectivity index (χ4n) is 3.27. The molecule has 5 nitrogen and oxygen atoms in total. The first-order valence-corrected chi connectivity index (χ1v) is 8.69. The Labute approximate surface area is 144 Å².